The quantitative estimate of drug-likeness (QED) is 0.0319. The van der Waals surface area contributed by atoms with Crippen LogP contribution in [0.4, 0.5) is 0 Å². The number of carboxylic acids is 1. The fourth-order valence-electron chi connectivity index (χ4n) is 8.08. The van der Waals surface area contributed by atoms with E-state index in [1.807, 2.05) is 0 Å². The Morgan fingerprint density at radius 1 is 0.483 bits per heavy atom. The Morgan fingerprint density at radius 3 is 1.35 bits per heavy atom. The van der Waals surface area contributed by atoms with Gasteiger partial charge in [-0.1, -0.05) is 212 Å². The first kappa shape index (κ1) is 57.9. The number of allylic oxidation sites excluding steroid dienone is 4. The van der Waals surface area contributed by atoms with Crippen LogP contribution in [0.3, 0.4) is 0 Å². The van der Waals surface area contributed by atoms with Crippen LogP contribution in [0.2, 0.25) is 0 Å². The minimum Gasteiger partial charge on any atom is -0.480 e. The average Bonchev–Trinajstić information content (AvgIpc) is 3.23. The second-order valence-corrected chi connectivity index (χ2v) is 17.9. The lowest BCUT2D eigenvalue weighted by atomic mass is 10.0. The molecule has 4 N–H and O–H groups in total. The van der Waals surface area contributed by atoms with Crippen LogP contribution in [0.1, 0.15) is 277 Å². The number of nitrogens with two attached hydrogens (primary N) is 1. The van der Waals surface area contributed by atoms with Crippen molar-refractivity contribution >= 4 is 17.8 Å². The second kappa shape index (κ2) is 47.9. The first-order valence-electron chi connectivity index (χ1n) is 26.2. The van der Waals surface area contributed by atoms with E-state index in [9.17, 15) is 19.5 Å². The maximum absolute atomic E-state index is 12.9. The lowest BCUT2D eigenvalue weighted by Crippen LogP contribution is -2.40. The van der Waals surface area contributed by atoms with Crippen molar-refractivity contribution in [1.82, 2.24) is 5.32 Å². The molecule has 0 aromatic heterocycles. The maximum atomic E-state index is 12.9. The van der Waals surface area contributed by atoms with Crippen LogP contribution in [0, 0.1) is 0 Å². The lowest BCUT2D eigenvalue weighted by Gasteiger charge is -2.18. The van der Waals surface area contributed by atoms with Gasteiger partial charge in [-0.3, -0.25) is 9.59 Å². The first-order chi connectivity index (χ1) is 29.4. The van der Waals surface area contributed by atoms with Crippen molar-refractivity contribution in [3.05, 3.63) is 24.3 Å². The number of hydrogen-bond acceptors (Lipinski definition) is 5. The number of hydrogen-bond donors (Lipinski definition) is 3. The van der Waals surface area contributed by atoms with Crippen LogP contribution >= 0.6 is 0 Å². The van der Waals surface area contributed by atoms with E-state index < -0.39 is 12.0 Å². The van der Waals surface area contributed by atoms with E-state index in [1.165, 1.54) is 161 Å². The van der Waals surface area contributed by atoms with Gasteiger partial charge in [0.1, 0.15) is 12.1 Å². The van der Waals surface area contributed by atoms with E-state index >= 15 is 0 Å². The molecule has 0 bridgehead atoms. The van der Waals surface area contributed by atoms with Crippen molar-refractivity contribution in [3.8, 4) is 0 Å². The smallest absolute Gasteiger partial charge is 0.326 e. The molecule has 0 saturated heterocycles. The molecule has 0 saturated carbocycles. The third kappa shape index (κ3) is 43.9. The highest BCUT2D eigenvalue weighted by molar-refractivity contribution is 5.83. The van der Waals surface area contributed by atoms with Crippen molar-refractivity contribution in [1.29, 1.82) is 0 Å². The highest BCUT2D eigenvalue weighted by Crippen LogP contribution is 2.19. The number of ether oxygens (including phenoxy) is 1. The molecule has 1 amide bonds. The van der Waals surface area contributed by atoms with Crippen LogP contribution < -0.4 is 11.1 Å². The molecule has 7 heteroatoms. The zero-order valence-electron chi connectivity index (χ0n) is 39.8. The molecular weight excluding hydrogens is 745 g/mol. The lowest BCUT2D eigenvalue weighted by molar-refractivity contribution is -0.150. The molecule has 352 valence electrons. The first-order valence-corrected chi connectivity index (χ1v) is 26.2. The van der Waals surface area contributed by atoms with Crippen LogP contribution in [0.15, 0.2) is 24.3 Å². The molecule has 7 nitrogen and oxygen atoms in total. The molecular formula is C53H100N2O5. The van der Waals surface area contributed by atoms with Crippen molar-refractivity contribution in [2.24, 2.45) is 5.73 Å². The van der Waals surface area contributed by atoms with Crippen LogP contribution in [-0.2, 0) is 19.1 Å². The Labute approximate surface area is 372 Å². The molecule has 0 aromatic rings. The minimum absolute atomic E-state index is 0.0272. The maximum Gasteiger partial charge on any atom is 0.326 e. The summed E-state index contributed by atoms with van der Waals surface area (Å²) in [5.74, 6) is -1.25. The highest BCUT2D eigenvalue weighted by Gasteiger charge is 2.19. The summed E-state index contributed by atoms with van der Waals surface area (Å²) in [6.45, 7) is 4.96. The summed E-state index contributed by atoms with van der Waals surface area (Å²) in [5, 5.41) is 12.0. The second-order valence-electron chi connectivity index (χ2n) is 17.9. The normalized spacial score (nSPS) is 12.7. The summed E-state index contributed by atoms with van der Waals surface area (Å²) in [7, 11) is 0. The molecule has 0 fully saturated rings. The molecule has 0 aliphatic carbocycles. The van der Waals surface area contributed by atoms with Crippen molar-refractivity contribution in [2.75, 3.05) is 6.54 Å². The van der Waals surface area contributed by atoms with E-state index in [2.05, 4.69) is 43.5 Å². The SMILES string of the molecule is CCCCCCC/C=C\C/C=C\CCCC(CCCCCCCC(=O)NC(CCCN)C(=O)O)OC(=O)CCCCCCCCCCCCCCCCCCCCCCC. The monoisotopic (exact) mass is 845 g/mol. The molecule has 0 aliphatic heterocycles. The number of carbonyl (C=O) groups excluding carboxylic acids is 2. The fraction of sp³-hybridized carbons (Fsp3) is 0.868. The standard InChI is InChI=1S/C53H100N2O5/c1-3-5-7-9-11-13-15-17-18-19-20-21-22-23-24-26-28-30-32-37-41-47-52(57)60-49(43-38-34-31-29-27-25-16-14-12-10-8-6-4-2)44-39-35-33-36-40-46-51(56)55-50(53(58)59)45-42-48-54/h16,25,29,31,49-50H,3-15,17-24,26-28,30,32-48,54H2,1-2H3,(H,55,56)(H,58,59)/b25-16-,31-29-. The van der Waals surface area contributed by atoms with Gasteiger partial charge in [0.15, 0.2) is 0 Å². The molecule has 0 heterocycles. The van der Waals surface area contributed by atoms with Gasteiger partial charge in [-0.15, -0.1) is 0 Å². The van der Waals surface area contributed by atoms with E-state index in [-0.39, 0.29) is 18.0 Å². The summed E-state index contributed by atoms with van der Waals surface area (Å²) in [5.41, 5.74) is 5.50. The molecule has 2 atom stereocenters. The Kier molecular flexibility index (Phi) is 46.2. The summed E-state index contributed by atoms with van der Waals surface area (Å²) < 4.78 is 6.06. The topological polar surface area (TPSA) is 119 Å². The molecule has 60 heavy (non-hydrogen) atoms. The van der Waals surface area contributed by atoms with Crippen molar-refractivity contribution in [3.63, 3.8) is 0 Å². The zero-order valence-corrected chi connectivity index (χ0v) is 39.8. The van der Waals surface area contributed by atoms with Gasteiger partial charge in [-0.2, -0.15) is 0 Å². The molecule has 0 aromatic carbocycles. The molecule has 2 unspecified atom stereocenters. The average molecular weight is 845 g/mol. The number of unbranched alkanes of at least 4 members (excludes halogenated alkanes) is 30. The zero-order chi connectivity index (χ0) is 43.8. The molecule has 0 radical (unpaired) electrons. The van der Waals surface area contributed by atoms with Gasteiger partial charge in [-0.25, -0.2) is 4.79 Å². The van der Waals surface area contributed by atoms with Gasteiger partial charge in [0, 0.05) is 12.8 Å². The Hall–Kier alpha value is -2.15. The van der Waals surface area contributed by atoms with Crippen molar-refractivity contribution < 1.29 is 24.2 Å². The van der Waals surface area contributed by atoms with Gasteiger partial charge in [0.25, 0.3) is 0 Å². The molecule has 0 spiro atoms. The van der Waals surface area contributed by atoms with Gasteiger partial charge in [0.2, 0.25) is 5.91 Å². The van der Waals surface area contributed by atoms with Crippen LogP contribution in [0.25, 0.3) is 0 Å². The van der Waals surface area contributed by atoms with E-state index in [0.29, 0.717) is 32.2 Å². The van der Waals surface area contributed by atoms with E-state index in [4.69, 9.17) is 10.5 Å². The number of carboxylic acid groups (broad SMARTS) is 1. The predicted octanol–water partition coefficient (Wildman–Crippen LogP) is 15.6. The number of esters is 1. The van der Waals surface area contributed by atoms with Gasteiger partial charge in [-0.05, 0) is 83.6 Å². The third-order valence-corrected chi connectivity index (χ3v) is 12.0. The summed E-state index contributed by atoms with van der Waals surface area (Å²) in [6.07, 6.45) is 56.7. The number of rotatable bonds is 48. The largest absolute Gasteiger partial charge is 0.480 e. The Bertz CT molecular complexity index is 998. The Morgan fingerprint density at radius 2 is 0.883 bits per heavy atom. The number of carbonyl (C=O) groups is 3. The molecule has 0 aliphatic rings. The summed E-state index contributed by atoms with van der Waals surface area (Å²) in [4.78, 5) is 36.5. The number of amides is 1. The number of aliphatic carboxylic acids is 1. The van der Waals surface area contributed by atoms with Crippen molar-refractivity contribution in [2.45, 2.75) is 289 Å². The fourth-order valence-corrected chi connectivity index (χ4v) is 8.08. The van der Waals surface area contributed by atoms with Gasteiger partial charge in [0.05, 0.1) is 0 Å². The molecule has 0 rings (SSSR count). The highest BCUT2D eigenvalue weighted by atomic mass is 16.5. The predicted molar refractivity (Wildman–Crippen MR) is 257 cm³/mol. The third-order valence-electron chi connectivity index (χ3n) is 12.0. The summed E-state index contributed by atoms with van der Waals surface area (Å²) >= 11 is 0. The van der Waals surface area contributed by atoms with E-state index in [1.54, 1.807) is 0 Å². The van der Waals surface area contributed by atoms with Gasteiger partial charge < -0.3 is 20.9 Å². The van der Waals surface area contributed by atoms with Crippen LogP contribution in [0.5, 0.6) is 0 Å². The Balaban J connectivity index is 4.23. The number of nitrogens with one attached hydrogen (secondary N) is 1. The summed E-state index contributed by atoms with van der Waals surface area (Å²) in [6, 6.07) is -0.860. The van der Waals surface area contributed by atoms with E-state index in [0.717, 1.165) is 77.0 Å². The minimum atomic E-state index is -1.00. The van der Waals surface area contributed by atoms with Crippen LogP contribution in [-0.4, -0.2) is 41.6 Å². The van der Waals surface area contributed by atoms with Gasteiger partial charge >= 0.3 is 11.9 Å².